The molecule has 2 aliphatic rings. The molecule has 0 bridgehead atoms. The number of carbonyl (C=O) groups is 1. The average molecular weight is 585 g/mol. The van der Waals surface area contributed by atoms with E-state index in [1.165, 1.54) is 6.07 Å². The summed E-state index contributed by atoms with van der Waals surface area (Å²) in [5.74, 6) is 0.132. The van der Waals surface area contributed by atoms with Crippen LogP contribution in [0.15, 0.2) is 71.8 Å². The molecular weight excluding hydrogens is 552 g/mol. The van der Waals surface area contributed by atoms with Gasteiger partial charge in [0.1, 0.15) is 16.3 Å². The minimum atomic E-state index is -3.95. The highest BCUT2D eigenvalue weighted by atomic mass is 35.5. The van der Waals surface area contributed by atoms with Crippen LogP contribution in [0.3, 0.4) is 0 Å². The number of sulfonamides is 1. The number of likely N-dealkylation sites (N-methyl/N-ethyl adjacent to an activating group) is 1. The Morgan fingerprint density at radius 1 is 1.10 bits per heavy atom. The summed E-state index contributed by atoms with van der Waals surface area (Å²) in [6.07, 6.45) is 2.03. The lowest BCUT2D eigenvalue weighted by Crippen LogP contribution is -2.51. The number of carbonyl (C=O) groups excluding carboxylic acids is 1. The molecule has 11 heteroatoms. The number of aliphatic hydroxyl groups excluding tert-OH is 1. The zero-order valence-electron chi connectivity index (χ0n) is 22.3. The molecule has 1 spiro atoms. The molecule has 2 N–H and O–H groups in total. The number of fused-ring (bicyclic) bond motifs is 1. The Hall–Kier alpha value is -3.02. The van der Waals surface area contributed by atoms with Crippen LogP contribution in [0.25, 0.3) is 11.1 Å². The number of pyridine rings is 1. The average Bonchev–Trinajstić information content (AvgIpc) is 2.95. The van der Waals surface area contributed by atoms with Crippen LogP contribution in [-0.4, -0.2) is 86.7 Å². The van der Waals surface area contributed by atoms with Crippen LogP contribution in [0.1, 0.15) is 23.3 Å². The third kappa shape index (κ3) is 6.47. The van der Waals surface area contributed by atoms with Crippen molar-refractivity contribution in [1.29, 1.82) is 0 Å². The van der Waals surface area contributed by atoms with Gasteiger partial charge in [0.25, 0.3) is 5.91 Å². The van der Waals surface area contributed by atoms with Gasteiger partial charge in [-0.25, -0.2) is 13.1 Å². The number of nitrogens with zero attached hydrogens (tertiary/aromatic N) is 3. The van der Waals surface area contributed by atoms with E-state index in [0.717, 1.165) is 11.1 Å². The molecule has 40 heavy (non-hydrogen) atoms. The topological polar surface area (TPSA) is 112 Å². The molecule has 1 saturated heterocycles. The summed E-state index contributed by atoms with van der Waals surface area (Å²) in [4.78, 5) is 21.1. The van der Waals surface area contributed by atoms with E-state index in [0.29, 0.717) is 49.7 Å². The normalized spacial score (nSPS) is 21.5. The maximum atomic E-state index is 13.3. The molecule has 3 aromatic rings. The summed E-state index contributed by atoms with van der Waals surface area (Å²) in [5, 5.41) is 11.2. The summed E-state index contributed by atoms with van der Waals surface area (Å²) in [6, 6.07) is 17.6. The van der Waals surface area contributed by atoms with Crippen LogP contribution < -0.4 is 9.46 Å². The van der Waals surface area contributed by atoms with Gasteiger partial charge in [-0.1, -0.05) is 35.9 Å². The number of hydrogen-bond donors (Lipinski definition) is 2. The van der Waals surface area contributed by atoms with Crippen molar-refractivity contribution in [2.75, 3.05) is 46.4 Å². The van der Waals surface area contributed by atoms with Gasteiger partial charge < -0.3 is 19.6 Å². The number of aliphatic hydroxyl groups is 1. The van der Waals surface area contributed by atoms with Crippen molar-refractivity contribution in [3.05, 3.63) is 77.6 Å². The van der Waals surface area contributed by atoms with E-state index in [4.69, 9.17) is 16.3 Å². The molecule has 0 radical (unpaired) electrons. The molecule has 1 aromatic heterocycles. The molecule has 1 amide bonds. The van der Waals surface area contributed by atoms with Crippen LogP contribution in [0, 0.1) is 5.41 Å². The molecule has 1 atom stereocenters. The number of β-amino-alcohol motifs (C(OH)–C–C–N with tert-alkyl or cyclic N) is 1. The minimum absolute atomic E-state index is 0.0178. The van der Waals surface area contributed by atoms with Crippen LogP contribution in [-0.2, 0) is 10.0 Å². The number of rotatable bonds is 2. The zero-order valence-corrected chi connectivity index (χ0v) is 23.9. The highest BCUT2D eigenvalue weighted by molar-refractivity contribution is 7.89. The summed E-state index contributed by atoms with van der Waals surface area (Å²) in [5.41, 5.74) is 1.72. The predicted molar refractivity (Wildman–Crippen MR) is 153 cm³/mol. The fraction of sp³-hybridized carbons (Fsp3) is 0.379. The Labute approximate surface area is 239 Å². The predicted octanol–water partition coefficient (Wildman–Crippen LogP) is 3.29. The van der Waals surface area contributed by atoms with E-state index < -0.39 is 16.1 Å². The van der Waals surface area contributed by atoms with E-state index in [1.54, 1.807) is 53.6 Å². The Bertz CT molecular complexity index is 1450. The second-order valence-corrected chi connectivity index (χ2v) is 12.8. The standard InChI is InChI=1S/C29H33ClN4O5S/c1-33-18-24(35)17-32-40(37,38)27-10-7-22(21-5-8-23(30)9-6-21)16-26(27)39-20-29(19-33)11-14-34(15-12-29)28(36)25-4-2-3-13-31-25/h2-10,13,16,24,32,35H,11-12,14-15,17-20H2,1H3. The Kier molecular flexibility index (Phi) is 8.44. The second kappa shape index (κ2) is 11.8. The largest absolute Gasteiger partial charge is 0.492 e. The molecule has 9 nitrogen and oxygen atoms in total. The van der Waals surface area contributed by atoms with Gasteiger partial charge in [-0.2, -0.15) is 0 Å². The molecule has 3 heterocycles. The highest BCUT2D eigenvalue weighted by Crippen LogP contribution is 2.37. The van der Waals surface area contributed by atoms with Crippen LogP contribution >= 0.6 is 11.6 Å². The maximum absolute atomic E-state index is 13.3. The van der Waals surface area contributed by atoms with Gasteiger partial charge in [0.15, 0.2) is 0 Å². The molecule has 0 saturated carbocycles. The van der Waals surface area contributed by atoms with Crippen molar-refractivity contribution in [2.24, 2.45) is 5.41 Å². The maximum Gasteiger partial charge on any atom is 0.272 e. The lowest BCUT2D eigenvalue weighted by atomic mass is 9.78. The minimum Gasteiger partial charge on any atom is -0.492 e. The number of ether oxygens (including phenoxy) is 1. The zero-order chi connectivity index (χ0) is 28.3. The Morgan fingerprint density at radius 2 is 1.82 bits per heavy atom. The number of benzene rings is 2. The van der Waals surface area contributed by atoms with Crippen molar-refractivity contribution in [2.45, 2.75) is 23.8 Å². The first kappa shape index (κ1) is 28.5. The fourth-order valence-electron chi connectivity index (χ4n) is 5.42. The SMILES string of the molecule is CN1CC(O)CNS(=O)(=O)c2ccc(-c3ccc(Cl)cc3)cc2OCC2(CCN(C(=O)c3ccccn3)CC2)C1. The van der Waals surface area contributed by atoms with Crippen molar-refractivity contribution in [3.8, 4) is 16.9 Å². The fourth-order valence-corrected chi connectivity index (χ4v) is 6.75. The third-order valence-electron chi connectivity index (χ3n) is 7.58. The molecule has 1 fully saturated rings. The summed E-state index contributed by atoms with van der Waals surface area (Å²) in [7, 11) is -2.05. The van der Waals surface area contributed by atoms with Crippen LogP contribution in [0.5, 0.6) is 5.75 Å². The summed E-state index contributed by atoms with van der Waals surface area (Å²) in [6.45, 7) is 2.09. The molecule has 212 valence electrons. The molecule has 0 aliphatic carbocycles. The van der Waals surface area contributed by atoms with Crippen LogP contribution in [0.2, 0.25) is 5.02 Å². The van der Waals surface area contributed by atoms with E-state index in [2.05, 4.69) is 9.71 Å². The lowest BCUT2D eigenvalue weighted by molar-refractivity contribution is 0.0157. The quantitative estimate of drug-likeness (QED) is 0.475. The first-order valence-electron chi connectivity index (χ1n) is 13.2. The van der Waals surface area contributed by atoms with Gasteiger partial charge in [0.05, 0.1) is 12.7 Å². The molecule has 1 unspecified atom stereocenters. The number of hydrogen-bond acceptors (Lipinski definition) is 7. The van der Waals surface area contributed by atoms with Gasteiger partial charge in [0.2, 0.25) is 10.0 Å². The van der Waals surface area contributed by atoms with Crippen molar-refractivity contribution in [3.63, 3.8) is 0 Å². The van der Waals surface area contributed by atoms with Crippen LogP contribution in [0.4, 0.5) is 0 Å². The van der Waals surface area contributed by atoms with E-state index >= 15 is 0 Å². The number of piperidine rings is 1. The Balaban J connectivity index is 1.44. The Morgan fingerprint density at radius 3 is 2.52 bits per heavy atom. The third-order valence-corrected chi connectivity index (χ3v) is 9.29. The van der Waals surface area contributed by atoms with E-state index in [9.17, 15) is 18.3 Å². The van der Waals surface area contributed by atoms with Gasteiger partial charge in [-0.3, -0.25) is 9.78 Å². The smallest absolute Gasteiger partial charge is 0.272 e. The second-order valence-electron chi connectivity index (χ2n) is 10.7. The number of nitrogens with one attached hydrogen (secondary N) is 1. The van der Waals surface area contributed by atoms with Crippen molar-refractivity contribution >= 4 is 27.5 Å². The monoisotopic (exact) mass is 584 g/mol. The lowest BCUT2D eigenvalue weighted by Gasteiger charge is -2.44. The molecular formula is C29H33ClN4O5S. The molecule has 2 aromatic carbocycles. The van der Waals surface area contributed by atoms with Crippen molar-refractivity contribution in [1.82, 2.24) is 19.5 Å². The van der Waals surface area contributed by atoms with Gasteiger partial charge in [-0.15, -0.1) is 0 Å². The van der Waals surface area contributed by atoms with Gasteiger partial charge in [0, 0.05) is 49.4 Å². The van der Waals surface area contributed by atoms with Crippen molar-refractivity contribution < 1.29 is 23.1 Å². The molecule has 5 rings (SSSR count). The number of halogens is 1. The summed E-state index contributed by atoms with van der Waals surface area (Å²) < 4.78 is 35.4. The van der Waals surface area contributed by atoms with E-state index in [-0.39, 0.29) is 35.1 Å². The highest BCUT2D eigenvalue weighted by Gasteiger charge is 2.39. The molecule has 2 aliphatic heterocycles. The first-order valence-corrected chi connectivity index (χ1v) is 15.1. The first-order chi connectivity index (χ1) is 19.1. The number of amides is 1. The van der Waals surface area contributed by atoms with E-state index in [1.807, 2.05) is 24.1 Å². The number of likely N-dealkylation sites (tertiary alicyclic amines) is 1. The van der Waals surface area contributed by atoms with Gasteiger partial charge >= 0.3 is 0 Å². The number of aromatic nitrogens is 1. The summed E-state index contributed by atoms with van der Waals surface area (Å²) >= 11 is 6.06. The van der Waals surface area contributed by atoms with Gasteiger partial charge in [-0.05, 0) is 67.4 Å².